The highest BCUT2D eigenvalue weighted by atomic mass is 16.3. The van der Waals surface area contributed by atoms with Gasteiger partial charge in [-0.2, -0.15) is 0 Å². The molecular weight excluding hydrogens is 270 g/mol. The van der Waals surface area contributed by atoms with Gasteiger partial charge in [0.2, 0.25) is 0 Å². The average Bonchev–Trinajstić information content (AvgIpc) is 2.65. The van der Waals surface area contributed by atoms with E-state index in [-0.39, 0.29) is 0 Å². The van der Waals surface area contributed by atoms with Gasteiger partial charge >= 0.3 is 0 Å². The summed E-state index contributed by atoms with van der Waals surface area (Å²) in [6.07, 6.45) is 7.54. The minimum atomic E-state index is 0.310. The van der Waals surface area contributed by atoms with Gasteiger partial charge in [0.05, 0.1) is 0 Å². The first-order chi connectivity index (χ1) is 10.6. The molecule has 2 nitrogen and oxygen atoms in total. The number of rotatable bonds is 3. The number of benzene rings is 2. The molecule has 1 N–H and O–H groups in total. The first-order valence-corrected chi connectivity index (χ1v) is 7.61. The lowest BCUT2D eigenvalue weighted by Crippen LogP contribution is -2.12. The first-order valence-electron chi connectivity index (χ1n) is 7.61. The van der Waals surface area contributed by atoms with Crippen LogP contribution in [-0.2, 0) is 0 Å². The fourth-order valence-electron chi connectivity index (χ4n) is 2.82. The van der Waals surface area contributed by atoms with Gasteiger partial charge in [0.25, 0.3) is 0 Å². The Labute approximate surface area is 132 Å². The molecular formula is C20H21NO. The van der Waals surface area contributed by atoms with Crippen LogP contribution < -0.4 is 0 Å². The highest BCUT2D eigenvalue weighted by Crippen LogP contribution is 2.35. The Morgan fingerprint density at radius 1 is 0.955 bits per heavy atom. The van der Waals surface area contributed by atoms with E-state index in [4.69, 9.17) is 0 Å². The van der Waals surface area contributed by atoms with Crippen LogP contribution in [0.5, 0.6) is 5.75 Å². The van der Waals surface area contributed by atoms with Crippen molar-refractivity contribution in [2.45, 2.75) is 6.42 Å². The number of phenolic OH excluding ortho intramolecular Hbond substituents is 1. The lowest BCUT2D eigenvalue weighted by atomic mass is 9.92. The lowest BCUT2D eigenvalue weighted by Gasteiger charge is -2.13. The van der Waals surface area contributed by atoms with Crippen molar-refractivity contribution in [2.24, 2.45) is 0 Å². The van der Waals surface area contributed by atoms with E-state index in [1.165, 1.54) is 16.7 Å². The third kappa shape index (κ3) is 2.97. The molecule has 0 heterocycles. The molecule has 0 spiro atoms. The van der Waals surface area contributed by atoms with Crippen LogP contribution >= 0.6 is 0 Å². The Morgan fingerprint density at radius 3 is 2.45 bits per heavy atom. The maximum Gasteiger partial charge on any atom is 0.116 e. The quantitative estimate of drug-likeness (QED) is 0.779. The van der Waals surface area contributed by atoms with Crippen molar-refractivity contribution in [1.29, 1.82) is 0 Å². The summed E-state index contributed by atoms with van der Waals surface area (Å²) in [5.74, 6) is 0.310. The summed E-state index contributed by atoms with van der Waals surface area (Å²) in [6, 6.07) is 14.0. The third-order valence-electron chi connectivity index (χ3n) is 3.95. The largest absolute Gasteiger partial charge is 0.508 e. The molecule has 0 atom stereocenters. The maximum absolute atomic E-state index is 9.90. The second-order valence-corrected chi connectivity index (χ2v) is 5.90. The molecule has 112 valence electrons. The SMILES string of the molecule is CN(C)CCC=C1c2ccccc2C=Cc2ccc(O)cc21. The van der Waals surface area contributed by atoms with E-state index < -0.39 is 0 Å². The molecule has 2 heteroatoms. The van der Waals surface area contributed by atoms with Crippen molar-refractivity contribution in [3.8, 4) is 5.75 Å². The summed E-state index contributed by atoms with van der Waals surface area (Å²) < 4.78 is 0. The fourth-order valence-corrected chi connectivity index (χ4v) is 2.82. The summed E-state index contributed by atoms with van der Waals surface area (Å²) in [4.78, 5) is 2.18. The lowest BCUT2D eigenvalue weighted by molar-refractivity contribution is 0.417. The molecule has 0 aliphatic heterocycles. The minimum absolute atomic E-state index is 0.310. The zero-order valence-electron chi connectivity index (χ0n) is 13.1. The zero-order valence-corrected chi connectivity index (χ0v) is 13.1. The van der Waals surface area contributed by atoms with Crippen molar-refractivity contribution >= 4 is 17.7 Å². The molecule has 1 aliphatic rings. The highest BCUT2D eigenvalue weighted by Gasteiger charge is 2.15. The predicted octanol–water partition coefficient (Wildman–Crippen LogP) is 4.26. The molecule has 0 bridgehead atoms. The van der Waals surface area contributed by atoms with Crippen LogP contribution in [0.25, 0.3) is 17.7 Å². The van der Waals surface area contributed by atoms with Gasteiger partial charge in [0, 0.05) is 6.54 Å². The number of nitrogens with zero attached hydrogens (tertiary/aromatic N) is 1. The maximum atomic E-state index is 9.90. The van der Waals surface area contributed by atoms with E-state index in [0.29, 0.717) is 5.75 Å². The van der Waals surface area contributed by atoms with Gasteiger partial charge in [-0.05, 0) is 60.5 Å². The second-order valence-electron chi connectivity index (χ2n) is 5.90. The number of hydrogen-bond acceptors (Lipinski definition) is 2. The molecule has 2 aromatic carbocycles. The van der Waals surface area contributed by atoms with E-state index in [2.05, 4.69) is 61.5 Å². The second kappa shape index (κ2) is 6.20. The van der Waals surface area contributed by atoms with Gasteiger partial charge < -0.3 is 10.0 Å². The molecule has 1 aliphatic carbocycles. The minimum Gasteiger partial charge on any atom is -0.508 e. The standard InChI is InChI=1S/C20H21NO/c1-21(2)13-5-8-19-18-7-4-3-6-15(18)9-10-16-11-12-17(22)14-20(16)19/h3-4,6-12,14,22H,5,13H2,1-2H3. The number of fused-ring (bicyclic) bond motifs is 2. The summed E-state index contributed by atoms with van der Waals surface area (Å²) in [7, 11) is 4.17. The Bertz CT molecular complexity index is 741. The Hall–Kier alpha value is -2.32. The molecule has 3 rings (SSSR count). The van der Waals surface area contributed by atoms with Crippen LogP contribution in [-0.4, -0.2) is 30.6 Å². The van der Waals surface area contributed by atoms with Crippen LogP contribution in [0.15, 0.2) is 48.5 Å². The van der Waals surface area contributed by atoms with Crippen molar-refractivity contribution in [3.05, 3.63) is 70.8 Å². The van der Waals surface area contributed by atoms with E-state index in [0.717, 1.165) is 24.1 Å². The molecule has 2 aromatic rings. The van der Waals surface area contributed by atoms with Crippen molar-refractivity contribution < 1.29 is 5.11 Å². The van der Waals surface area contributed by atoms with Gasteiger partial charge in [-0.1, -0.05) is 48.6 Å². The van der Waals surface area contributed by atoms with Crippen molar-refractivity contribution in [3.63, 3.8) is 0 Å². The van der Waals surface area contributed by atoms with Gasteiger partial charge in [0.15, 0.2) is 0 Å². The average molecular weight is 291 g/mol. The Morgan fingerprint density at radius 2 is 1.68 bits per heavy atom. The van der Waals surface area contributed by atoms with Crippen molar-refractivity contribution in [2.75, 3.05) is 20.6 Å². The molecule has 22 heavy (non-hydrogen) atoms. The Balaban J connectivity index is 2.13. The van der Waals surface area contributed by atoms with Gasteiger partial charge in [-0.15, -0.1) is 0 Å². The third-order valence-corrected chi connectivity index (χ3v) is 3.95. The molecule has 0 fully saturated rings. The molecule has 0 saturated carbocycles. The fraction of sp³-hybridized carbons (Fsp3) is 0.200. The molecule has 0 amide bonds. The predicted molar refractivity (Wildman–Crippen MR) is 93.7 cm³/mol. The van der Waals surface area contributed by atoms with Crippen LogP contribution in [0, 0.1) is 0 Å². The summed E-state index contributed by atoms with van der Waals surface area (Å²) in [6.45, 7) is 1.01. The zero-order chi connectivity index (χ0) is 15.5. The van der Waals surface area contributed by atoms with Gasteiger partial charge in [-0.25, -0.2) is 0 Å². The molecule has 0 aromatic heterocycles. The highest BCUT2D eigenvalue weighted by molar-refractivity contribution is 5.94. The topological polar surface area (TPSA) is 23.5 Å². The summed E-state index contributed by atoms with van der Waals surface area (Å²) in [5, 5.41) is 9.90. The van der Waals surface area contributed by atoms with E-state index in [1.807, 2.05) is 12.1 Å². The monoisotopic (exact) mass is 291 g/mol. The Kier molecular flexibility index (Phi) is 4.12. The molecule has 0 unspecified atom stereocenters. The number of phenols is 1. The van der Waals surface area contributed by atoms with Crippen LogP contribution in [0.4, 0.5) is 0 Å². The van der Waals surface area contributed by atoms with Gasteiger partial charge in [-0.3, -0.25) is 0 Å². The summed E-state index contributed by atoms with van der Waals surface area (Å²) in [5.41, 5.74) is 5.88. The van der Waals surface area contributed by atoms with E-state index >= 15 is 0 Å². The smallest absolute Gasteiger partial charge is 0.116 e. The molecule has 0 saturated heterocycles. The summed E-state index contributed by atoms with van der Waals surface area (Å²) >= 11 is 0. The van der Waals surface area contributed by atoms with Gasteiger partial charge in [0.1, 0.15) is 5.75 Å². The normalized spacial score (nSPS) is 14.8. The number of aromatic hydroxyl groups is 1. The van der Waals surface area contributed by atoms with Crippen LogP contribution in [0.3, 0.4) is 0 Å². The van der Waals surface area contributed by atoms with Crippen molar-refractivity contribution in [1.82, 2.24) is 4.90 Å². The molecule has 0 radical (unpaired) electrons. The number of hydrogen-bond donors (Lipinski definition) is 1. The van der Waals surface area contributed by atoms with E-state index in [9.17, 15) is 5.11 Å². The van der Waals surface area contributed by atoms with Crippen LogP contribution in [0.2, 0.25) is 0 Å². The first kappa shape index (κ1) is 14.6. The van der Waals surface area contributed by atoms with Crippen LogP contribution in [0.1, 0.15) is 28.7 Å². The van der Waals surface area contributed by atoms with E-state index in [1.54, 1.807) is 6.07 Å².